The van der Waals surface area contributed by atoms with Gasteiger partial charge in [-0.3, -0.25) is 4.79 Å². The number of para-hydroxylation sites is 1. The van der Waals surface area contributed by atoms with Gasteiger partial charge in [0.15, 0.2) is 0 Å². The van der Waals surface area contributed by atoms with E-state index in [0.29, 0.717) is 13.2 Å². The van der Waals surface area contributed by atoms with Crippen LogP contribution >= 0.6 is 0 Å². The van der Waals surface area contributed by atoms with Gasteiger partial charge in [0.25, 0.3) is 0 Å². The quantitative estimate of drug-likeness (QED) is 0.816. The van der Waals surface area contributed by atoms with Gasteiger partial charge in [0.2, 0.25) is 5.91 Å². The molecule has 2 fully saturated rings. The van der Waals surface area contributed by atoms with Gasteiger partial charge in [-0.25, -0.2) is 0 Å². The first kappa shape index (κ1) is 19.9. The van der Waals surface area contributed by atoms with Crippen molar-refractivity contribution >= 4 is 5.91 Å². The van der Waals surface area contributed by atoms with E-state index >= 15 is 0 Å². The summed E-state index contributed by atoms with van der Waals surface area (Å²) in [6.07, 6.45) is 3.00. The summed E-state index contributed by atoms with van der Waals surface area (Å²) in [5.74, 6) is 0.988. The molecule has 1 unspecified atom stereocenters. The fraction of sp³-hybridized carbons (Fsp3) is 0.458. The van der Waals surface area contributed by atoms with Crippen molar-refractivity contribution in [3.05, 3.63) is 65.7 Å². The number of likely N-dealkylation sites (N-methyl/N-ethyl adjacent to an activating group) is 1. The fourth-order valence-electron chi connectivity index (χ4n) is 4.39. The Kier molecular flexibility index (Phi) is 6.16. The van der Waals surface area contributed by atoms with Gasteiger partial charge >= 0.3 is 0 Å². The molecule has 5 nitrogen and oxygen atoms in total. The van der Waals surface area contributed by atoms with Crippen molar-refractivity contribution in [3.63, 3.8) is 0 Å². The number of benzene rings is 2. The number of nitrogens with one attached hydrogen (secondary N) is 1. The number of hydrogen-bond acceptors (Lipinski definition) is 4. The number of nitrogens with zero attached hydrogens (tertiary/aromatic N) is 1. The number of rotatable bonds is 6. The molecule has 0 radical (unpaired) electrons. The lowest BCUT2D eigenvalue weighted by Crippen LogP contribution is -2.41. The van der Waals surface area contributed by atoms with Crippen molar-refractivity contribution in [1.29, 1.82) is 0 Å². The molecule has 0 aliphatic carbocycles. The summed E-state index contributed by atoms with van der Waals surface area (Å²) in [6, 6.07) is 18.0. The maximum atomic E-state index is 13.1. The molecule has 2 aliphatic rings. The van der Waals surface area contributed by atoms with Gasteiger partial charge < -0.3 is 19.7 Å². The average molecular weight is 395 g/mol. The van der Waals surface area contributed by atoms with Gasteiger partial charge in [-0.15, -0.1) is 0 Å². The van der Waals surface area contributed by atoms with E-state index in [1.807, 2.05) is 54.4 Å². The smallest absolute Gasteiger partial charge is 0.239 e. The van der Waals surface area contributed by atoms with Crippen molar-refractivity contribution in [2.24, 2.45) is 5.41 Å². The monoisotopic (exact) mass is 394 g/mol. The molecule has 1 N–H and O–H groups in total. The number of hydrogen-bond donors (Lipinski definition) is 1. The minimum Gasteiger partial charge on any atom is -0.489 e. The van der Waals surface area contributed by atoms with Gasteiger partial charge in [-0.2, -0.15) is 0 Å². The number of carbonyl (C=O) groups is 1. The molecule has 0 aromatic heterocycles. The Morgan fingerprint density at radius 3 is 2.66 bits per heavy atom. The average Bonchev–Trinajstić information content (AvgIpc) is 3.17. The highest BCUT2D eigenvalue weighted by Gasteiger charge is 2.43. The van der Waals surface area contributed by atoms with Crippen molar-refractivity contribution in [1.82, 2.24) is 10.2 Å². The minimum atomic E-state index is -0.101. The molecule has 2 aliphatic heterocycles. The molecule has 2 aromatic rings. The molecule has 154 valence electrons. The SMILES string of the molecule is CN(Cc1ccccc1OCc1ccccc1)C(=O)C1CC2(CCOCC2)CN1. The summed E-state index contributed by atoms with van der Waals surface area (Å²) in [5.41, 5.74) is 2.39. The van der Waals surface area contributed by atoms with Gasteiger partial charge in [-0.05, 0) is 36.3 Å². The van der Waals surface area contributed by atoms with Crippen molar-refractivity contribution < 1.29 is 14.3 Å². The van der Waals surface area contributed by atoms with Gasteiger partial charge in [0.1, 0.15) is 12.4 Å². The molecule has 29 heavy (non-hydrogen) atoms. The maximum Gasteiger partial charge on any atom is 0.239 e. The zero-order valence-corrected chi connectivity index (χ0v) is 17.1. The molecule has 1 amide bonds. The zero-order chi connectivity index (χ0) is 20.1. The highest BCUT2D eigenvalue weighted by atomic mass is 16.5. The first-order valence-electron chi connectivity index (χ1n) is 10.5. The number of carbonyl (C=O) groups excluding carboxylic acids is 1. The second kappa shape index (κ2) is 8.97. The van der Waals surface area contributed by atoms with Crippen molar-refractivity contribution in [2.45, 2.75) is 38.5 Å². The van der Waals surface area contributed by atoms with E-state index in [2.05, 4.69) is 17.4 Å². The lowest BCUT2D eigenvalue weighted by atomic mass is 9.78. The van der Waals surface area contributed by atoms with Crippen LogP contribution in [0.25, 0.3) is 0 Å². The maximum absolute atomic E-state index is 13.1. The summed E-state index contributed by atoms with van der Waals surface area (Å²) >= 11 is 0. The molecule has 2 heterocycles. The molecular formula is C24H30N2O3. The molecule has 0 saturated carbocycles. The summed E-state index contributed by atoms with van der Waals surface area (Å²) < 4.78 is 11.6. The molecular weight excluding hydrogens is 364 g/mol. The van der Waals surface area contributed by atoms with Crippen LogP contribution in [0.15, 0.2) is 54.6 Å². The third kappa shape index (κ3) is 4.80. The molecule has 2 saturated heterocycles. The van der Waals surface area contributed by atoms with Crippen LogP contribution in [0.3, 0.4) is 0 Å². The van der Waals surface area contributed by atoms with E-state index in [1.54, 1.807) is 0 Å². The van der Waals surface area contributed by atoms with Crippen LogP contribution in [0.2, 0.25) is 0 Å². The van der Waals surface area contributed by atoms with Crippen LogP contribution < -0.4 is 10.1 Å². The fourth-order valence-corrected chi connectivity index (χ4v) is 4.39. The summed E-state index contributed by atoms with van der Waals surface area (Å²) in [5, 5.41) is 3.47. The molecule has 0 bridgehead atoms. The highest BCUT2D eigenvalue weighted by molar-refractivity contribution is 5.82. The normalized spacial score (nSPS) is 20.5. The highest BCUT2D eigenvalue weighted by Crippen LogP contribution is 2.39. The largest absolute Gasteiger partial charge is 0.489 e. The second-order valence-corrected chi connectivity index (χ2v) is 8.33. The Morgan fingerprint density at radius 1 is 1.14 bits per heavy atom. The van der Waals surface area contributed by atoms with Crippen molar-refractivity contribution in [2.75, 3.05) is 26.8 Å². The van der Waals surface area contributed by atoms with E-state index in [1.165, 1.54) is 0 Å². The van der Waals surface area contributed by atoms with E-state index in [0.717, 1.165) is 55.9 Å². The topological polar surface area (TPSA) is 50.8 Å². The standard InChI is InChI=1S/C24H30N2O3/c1-26(23(27)21-15-24(18-25-21)11-13-28-14-12-24)16-20-9-5-6-10-22(20)29-17-19-7-3-2-4-8-19/h2-10,21,25H,11-18H2,1H3. The Bertz CT molecular complexity index is 818. The van der Waals surface area contributed by atoms with Gasteiger partial charge in [0.05, 0.1) is 6.04 Å². The van der Waals surface area contributed by atoms with E-state index < -0.39 is 0 Å². The first-order chi connectivity index (χ1) is 14.2. The van der Waals surface area contributed by atoms with Crippen LogP contribution in [0.1, 0.15) is 30.4 Å². The predicted molar refractivity (Wildman–Crippen MR) is 113 cm³/mol. The Hall–Kier alpha value is -2.37. The van der Waals surface area contributed by atoms with Gasteiger partial charge in [0, 0.05) is 38.9 Å². The molecule has 1 spiro atoms. The lowest BCUT2D eigenvalue weighted by molar-refractivity contribution is -0.132. The molecule has 1 atom stereocenters. The number of ether oxygens (including phenoxy) is 2. The third-order valence-electron chi connectivity index (χ3n) is 6.21. The Morgan fingerprint density at radius 2 is 1.86 bits per heavy atom. The molecule has 4 rings (SSSR count). The van der Waals surface area contributed by atoms with Crippen LogP contribution in [0.4, 0.5) is 0 Å². The van der Waals surface area contributed by atoms with Crippen LogP contribution in [-0.4, -0.2) is 43.7 Å². The number of amides is 1. The summed E-state index contributed by atoms with van der Waals surface area (Å²) in [6.45, 7) is 3.59. The van der Waals surface area contributed by atoms with Gasteiger partial charge in [-0.1, -0.05) is 48.5 Å². The predicted octanol–water partition coefficient (Wildman–Crippen LogP) is 3.38. The first-order valence-corrected chi connectivity index (χ1v) is 10.5. The third-order valence-corrected chi connectivity index (χ3v) is 6.21. The summed E-state index contributed by atoms with van der Waals surface area (Å²) in [7, 11) is 1.88. The van der Waals surface area contributed by atoms with E-state index in [4.69, 9.17) is 9.47 Å². The lowest BCUT2D eigenvalue weighted by Gasteiger charge is -2.32. The Labute approximate surface area is 173 Å². The van der Waals surface area contributed by atoms with Crippen LogP contribution in [0, 0.1) is 5.41 Å². The van der Waals surface area contributed by atoms with Crippen LogP contribution in [-0.2, 0) is 22.7 Å². The molecule has 2 aromatic carbocycles. The molecule has 5 heteroatoms. The van der Waals surface area contributed by atoms with Crippen LogP contribution in [0.5, 0.6) is 5.75 Å². The second-order valence-electron chi connectivity index (χ2n) is 8.33. The Balaban J connectivity index is 1.37. The van der Waals surface area contributed by atoms with E-state index in [9.17, 15) is 4.79 Å². The van der Waals surface area contributed by atoms with E-state index in [-0.39, 0.29) is 17.4 Å². The minimum absolute atomic E-state index is 0.101. The van der Waals surface area contributed by atoms with Crippen molar-refractivity contribution in [3.8, 4) is 5.75 Å². The summed E-state index contributed by atoms with van der Waals surface area (Å²) in [4.78, 5) is 14.9. The zero-order valence-electron chi connectivity index (χ0n) is 17.1.